The van der Waals surface area contributed by atoms with Gasteiger partial charge >= 0.3 is 5.97 Å². The second-order valence-electron chi connectivity index (χ2n) is 8.48. The van der Waals surface area contributed by atoms with E-state index in [0.717, 1.165) is 19.3 Å². The number of para-hydroxylation sites is 1. The minimum absolute atomic E-state index is 0.203. The summed E-state index contributed by atoms with van der Waals surface area (Å²) in [5.74, 6) is -0.516. The molecule has 0 atom stereocenters. The number of unbranched alkanes of at least 4 members (excludes halogenated alkanes) is 3. The third kappa shape index (κ3) is 6.20. The van der Waals surface area contributed by atoms with Crippen LogP contribution in [0.4, 0.5) is 0 Å². The minimum Gasteiger partial charge on any atom is -0.465 e. The number of methoxy groups -OCH3 is 1. The molecule has 0 fully saturated rings. The maximum absolute atomic E-state index is 13.6. The number of ketones is 1. The van der Waals surface area contributed by atoms with Gasteiger partial charge in [0.25, 0.3) is 11.5 Å². The first-order valence-electron chi connectivity index (χ1n) is 11.9. The van der Waals surface area contributed by atoms with Crippen LogP contribution in [-0.2, 0) is 16.0 Å². The van der Waals surface area contributed by atoms with Crippen LogP contribution in [-0.4, -0.2) is 34.3 Å². The molecule has 0 aliphatic carbocycles. The largest absolute Gasteiger partial charge is 0.465 e. The summed E-state index contributed by atoms with van der Waals surface area (Å²) < 4.78 is 6.19. The number of carbonyl (C=O) groups excluding carboxylic acids is 3. The molecule has 184 valence electrons. The normalized spacial score (nSPS) is 10.9. The average Bonchev–Trinajstić information content (AvgIpc) is 2.86. The summed E-state index contributed by atoms with van der Waals surface area (Å²) in [6, 6.07) is 11.2. The quantitative estimate of drug-likeness (QED) is 0.309. The van der Waals surface area contributed by atoms with E-state index in [9.17, 15) is 19.2 Å². The van der Waals surface area contributed by atoms with Crippen molar-refractivity contribution in [2.45, 2.75) is 58.3 Å². The second-order valence-corrected chi connectivity index (χ2v) is 8.48. The highest BCUT2D eigenvalue weighted by Crippen LogP contribution is 2.20. The predicted molar refractivity (Wildman–Crippen MR) is 134 cm³/mol. The summed E-state index contributed by atoms with van der Waals surface area (Å²) in [6.07, 6.45) is 5.80. The lowest BCUT2D eigenvalue weighted by molar-refractivity contribution is -0.119. The summed E-state index contributed by atoms with van der Waals surface area (Å²) >= 11 is 0. The highest BCUT2D eigenvalue weighted by Gasteiger charge is 2.18. The van der Waals surface area contributed by atoms with Crippen molar-refractivity contribution in [3.63, 3.8) is 0 Å². The van der Waals surface area contributed by atoms with Crippen LogP contribution >= 0.6 is 0 Å². The number of ether oxygens (including phenoxy) is 1. The summed E-state index contributed by atoms with van der Waals surface area (Å²) in [7, 11) is 1.29. The number of benzene rings is 2. The van der Waals surface area contributed by atoms with Crippen LogP contribution < -0.4 is 11.3 Å². The van der Waals surface area contributed by atoms with Crippen LogP contribution in [0.5, 0.6) is 0 Å². The first kappa shape index (κ1) is 25.8. The van der Waals surface area contributed by atoms with E-state index >= 15 is 0 Å². The van der Waals surface area contributed by atoms with Gasteiger partial charge in [0.05, 0.1) is 34.8 Å². The van der Waals surface area contributed by atoms with Crippen molar-refractivity contribution in [1.29, 1.82) is 0 Å². The van der Waals surface area contributed by atoms with Crippen LogP contribution in [0.15, 0.2) is 47.3 Å². The SMILES string of the molecule is CCCCCC(=O)CCCCc1nc2cc(C(=O)OC)ccc2c(=O)n1-c1ccccc1C(N)=O. The molecule has 0 spiro atoms. The van der Waals surface area contributed by atoms with Gasteiger partial charge in [-0.1, -0.05) is 31.9 Å². The third-order valence-electron chi connectivity index (χ3n) is 5.94. The van der Waals surface area contributed by atoms with Crippen LogP contribution in [0.3, 0.4) is 0 Å². The zero-order chi connectivity index (χ0) is 25.4. The van der Waals surface area contributed by atoms with E-state index in [1.54, 1.807) is 24.3 Å². The fraction of sp³-hybridized carbons (Fsp3) is 0.370. The van der Waals surface area contributed by atoms with Crippen molar-refractivity contribution in [2.75, 3.05) is 7.11 Å². The zero-order valence-corrected chi connectivity index (χ0v) is 20.2. The van der Waals surface area contributed by atoms with Crippen molar-refractivity contribution in [2.24, 2.45) is 5.73 Å². The van der Waals surface area contributed by atoms with E-state index in [2.05, 4.69) is 11.9 Å². The lowest BCUT2D eigenvalue weighted by Gasteiger charge is -2.16. The molecule has 0 saturated heterocycles. The van der Waals surface area contributed by atoms with Crippen LogP contribution in [0.2, 0.25) is 0 Å². The molecule has 1 heterocycles. The Hall–Kier alpha value is -3.81. The second kappa shape index (κ2) is 12.1. The van der Waals surface area contributed by atoms with Gasteiger partial charge in [-0.2, -0.15) is 0 Å². The highest BCUT2D eigenvalue weighted by atomic mass is 16.5. The number of hydrogen-bond acceptors (Lipinski definition) is 6. The van der Waals surface area contributed by atoms with Crippen molar-refractivity contribution in [1.82, 2.24) is 9.55 Å². The van der Waals surface area contributed by atoms with E-state index in [1.165, 1.54) is 29.9 Å². The fourth-order valence-electron chi connectivity index (χ4n) is 4.07. The monoisotopic (exact) mass is 477 g/mol. The number of nitrogens with two attached hydrogens (primary N) is 1. The molecule has 3 aromatic rings. The molecule has 2 aromatic carbocycles. The number of nitrogens with zero attached hydrogens (tertiary/aromatic N) is 2. The van der Waals surface area contributed by atoms with Crippen molar-refractivity contribution in [3.05, 3.63) is 69.8 Å². The molecule has 2 N–H and O–H groups in total. The highest BCUT2D eigenvalue weighted by molar-refractivity contribution is 5.97. The van der Waals surface area contributed by atoms with Crippen LogP contribution in [0.1, 0.15) is 78.4 Å². The minimum atomic E-state index is -0.655. The summed E-state index contributed by atoms with van der Waals surface area (Å²) in [4.78, 5) is 54.4. The number of fused-ring (bicyclic) bond motifs is 1. The van der Waals surface area contributed by atoms with Gasteiger partial charge in [0.15, 0.2) is 0 Å². The Bertz CT molecular complexity index is 1300. The van der Waals surface area contributed by atoms with Crippen molar-refractivity contribution < 1.29 is 19.1 Å². The van der Waals surface area contributed by atoms with Gasteiger partial charge in [0.2, 0.25) is 0 Å². The molecule has 8 heteroatoms. The fourth-order valence-corrected chi connectivity index (χ4v) is 4.07. The molecule has 0 bridgehead atoms. The number of aryl methyl sites for hydroxylation is 1. The van der Waals surface area contributed by atoms with Gasteiger partial charge in [-0.3, -0.25) is 19.0 Å². The molecular formula is C27H31N3O5. The predicted octanol–water partition coefficient (Wildman–Crippen LogP) is 4.13. The van der Waals surface area contributed by atoms with Gasteiger partial charge < -0.3 is 10.5 Å². The average molecular weight is 478 g/mol. The van der Waals surface area contributed by atoms with Crippen LogP contribution in [0, 0.1) is 0 Å². The summed E-state index contributed by atoms with van der Waals surface area (Å²) in [5.41, 5.74) is 6.40. The Morgan fingerprint density at radius 3 is 2.40 bits per heavy atom. The number of Topliss-reactive ketones (excluding diaryl/α,β-unsaturated/α-hetero) is 1. The number of rotatable bonds is 12. The van der Waals surface area contributed by atoms with Gasteiger partial charge in [-0.15, -0.1) is 0 Å². The van der Waals surface area contributed by atoms with Crippen LogP contribution in [0.25, 0.3) is 16.6 Å². The molecule has 1 aromatic heterocycles. The maximum atomic E-state index is 13.6. The van der Waals surface area contributed by atoms with Gasteiger partial charge in [-0.25, -0.2) is 9.78 Å². The van der Waals surface area contributed by atoms with E-state index in [-0.39, 0.29) is 22.5 Å². The first-order valence-corrected chi connectivity index (χ1v) is 11.9. The van der Waals surface area contributed by atoms with Gasteiger partial charge in [-0.05, 0) is 49.6 Å². The summed E-state index contributed by atoms with van der Waals surface area (Å²) in [6.45, 7) is 2.10. The topological polar surface area (TPSA) is 121 Å². The molecule has 3 rings (SSSR count). The number of hydrogen-bond donors (Lipinski definition) is 1. The van der Waals surface area contributed by atoms with E-state index in [1.807, 2.05) is 0 Å². The molecule has 8 nitrogen and oxygen atoms in total. The molecule has 0 radical (unpaired) electrons. The molecule has 0 aliphatic heterocycles. The number of esters is 1. The number of primary amides is 1. The Balaban J connectivity index is 1.99. The maximum Gasteiger partial charge on any atom is 0.337 e. The standard InChI is InChI=1S/C27H31N3O5/c1-3-4-5-10-19(31)11-6-9-14-24-29-22-17-18(27(34)35-2)15-16-20(22)26(33)30(24)23-13-8-7-12-21(23)25(28)32/h7-8,12-13,15-17H,3-6,9-11,14H2,1-2H3,(H2,28,32). The smallest absolute Gasteiger partial charge is 0.337 e. The number of amides is 1. The molecule has 35 heavy (non-hydrogen) atoms. The zero-order valence-electron chi connectivity index (χ0n) is 20.2. The first-order chi connectivity index (χ1) is 16.9. The van der Waals surface area contributed by atoms with Gasteiger partial charge in [0, 0.05) is 19.3 Å². The molecule has 0 aliphatic rings. The van der Waals surface area contributed by atoms with Gasteiger partial charge in [0.1, 0.15) is 11.6 Å². The third-order valence-corrected chi connectivity index (χ3v) is 5.94. The Kier molecular flexibility index (Phi) is 8.89. The molecule has 1 amide bonds. The Morgan fingerprint density at radius 2 is 1.71 bits per heavy atom. The lowest BCUT2D eigenvalue weighted by Crippen LogP contribution is -2.27. The number of carbonyl (C=O) groups is 3. The number of aromatic nitrogens is 2. The lowest BCUT2D eigenvalue weighted by atomic mass is 10.1. The Labute approximate surface area is 204 Å². The molecule has 0 saturated carbocycles. The molecule has 0 unspecified atom stereocenters. The van der Waals surface area contributed by atoms with E-state index in [4.69, 9.17) is 10.5 Å². The van der Waals surface area contributed by atoms with Crippen molar-refractivity contribution in [3.8, 4) is 5.69 Å². The van der Waals surface area contributed by atoms with E-state index < -0.39 is 11.9 Å². The van der Waals surface area contributed by atoms with Crippen molar-refractivity contribution >= 4 is 28.6 Å². The summed E-state index contributed by atoms with van der Waals surface area (Å²) in [5, 5.41) is 0.298. The molecular weight excluding hydrogens is 446 g/mol. The Morgan fingerprint density at radius 1 is 1.00 bits per heavy atom. The van der Waals surface area contributed by atoms with E-state index in [0.29, 0.717) is 54.5 Å².